The Hall–Kier alpha value is -1.74. The molecule has 0 amide bonds. The van der Waals surface area contributed by atoms with Gasteiger partial charge < -0.3 is 10.2 Å². The van der Waals surface area contributed by atoms with E-state index in [1.54, 1.807) is 0 Å². The largest absolute Gasteiger partial charge is 0.478 e. The van der Waals surface area contributed by atoms with E-state index in [1.165, 1.54) is 0 Å². The van der Waals surface area contributed by atoms with Crippen molar-refractivity contribution in [1.29, 1.82) is 0 Å². The predicted octanol–water partition coefficient (Wildman–Crippen LogP) is 2.60. The molecular formula is C9H8F6O4. The number of aliphatic carboxylic acids is 2. The van der Waals surface area contributed by atoms with Crippen molar-refractivity contribution in [2.75, 3.05) is 0 Å². The average Bonchev–Trinajstić information content (AvgIpc) is 2.07. The zero-order valence-corrected chi connectivity index (χ0v) is 9.05. The van der Waals surface area contributed by atoms with E-state index in [0.29, 0.717) is 0 Å². The van der Waals surface area contributed by atoms with Gasteiger partial charge in [-0.1, -0.05) is 0 Å². The molecule has 2 N–H and O–H groups in total. The second kappa shape index (κ2) is 5.93. The number of alkyl halides is 6. The summed E-state index contributed by atoms with van der Waals surface area (Å²) in [6, 6.07) is 0. The molecule has 0 aliphatic heterocycles. The van der Waals surface area contributed by atoms with Crippen LogP contribution in [0.1, 0.15) is 12.8 Å². The third kappa shape index (κ3) is 8.06. The van der Waals surface area contributed by atoms with Crippen LogP contribution in [0.5, 0.6) is 0 Å². The zero-order valence-electron chi connectivity index (χ0n) is 9.05. The molecule has 0 aromatic rings. The summed E-state index contributed by atoms with van der Waals surface area (Å²) >= 11 is 0. The normalized spacial score (nSPS) is 13.7. The van der Waals surface area contributed by atoms with Gasteiger partial charge in [0.2, 0.25) is 0 Å². The minimum Gasteiger partial charge on any atom is -0.478 e. The third-order valence-electron chi connectivity index (χ3n) is 1.92. The molecule has 19 heavy (non-hydrogen) atoms. The summed E-state index contributed by atoms with van der Waals surface area (Å²) in [7, 11) is 0. The van der Waals surface area contributed by atoms with Gasteiger partial charge in [0.05, 0.1) is 12.8 Å². The number of halogens is 6. The molecule has 0 bridgehead atoms. The van der Waals surface area contributed by atoms with Crippen molar-refractivity contribution >= 4 is 11.9 Å². The van der Waals surface area contributed by atoms with Gasteiger partial charge >= 0.3 is 24.3 Å². The molecule has 0 spiro atoms. The maximum atomic E-state index is 12.1. The Kier molecular flexibility index (Phi) is 5.39. The number of carboxylic acids is 2. The summed E-state index contributed by atoms with van der Waals surface area (Å²) in [5.41, 5.74) is -1.44. The number of carboxylic acid groups (broad SMARTS) is 2. The van der Waals surface area contributed by atoms with E-state index >= 15 is 0 Å². The van der Waals surface area contributed by atoms with Gasteiger partial charge in [-0.05, 0) is 0 Å². The van der Waals surface area contributed by atoms with Gasteiger partial charge in [0.1, 0.15) is 0 Å². The molecule has 0 saturated carbocycles. The maximum Gasteiger partial charge on any atom is 0.389 e. The monoisotopic (exact) mass is 294 g/mol. The van der Waals surface area contributed by atoms with E-state index in [4.69, 9.17) is 10.2 Å². The number of hydrogen-bond acceptors (Lipinski definition) is 2. The second-order valence-electron chi connectivity index (χ2n) is 3.58. The summed E-state index contributed by atoms with van der Waals surface area (Å²) < 4.78 is 72.6. The zero-order chi connectivity index (χ0) is 15.4. The molecule has 110 valence electrons. The van der Waals surface area contributed by atoms with Crippen LogP contribution in [0.25, 0.3) is 0 Å². The maximum absolute atomic E-state index is 12.1. The van der Waals surface area contributed by atoms with Crippen LogP contribution in [0.15, 0.2) is 11.6 Å². The SMILES string of the molecule is O=C(O)/C=C(\C(=O)O)C(CC(F)(F)F)CC(F)(F)F. The van der Waals surface area contributed by atoms with Crippen LogP contribution in [-0.4, -0.2) is 34.5 Å². The first-order chi connectivity index (χ1) is 8.32. The third-order valence-corrected chi connectivity index (χ3v) is 1.92. The molecule has 0 atom stereocenters. The average molecular weight is 294 g/mol. The second-order valence-corrected chi connectivity index (χ2v) is 3.58. The fourth-order valence-electron chi connectivity index (χ4n) is 1.34. The van der Waals surface area contributed by atoms with E-state index in [2.05, 4.69) is 0 Å². The molecule has 0 saturated heterocycles. The number of carbonyl (C=O) groups is 2. The molecule has 0 rings (SSSR count). The van der Waals surface area contributed by atoms with Gasteiger partial charge in [-0.15, -0.1) is 0 Å². The minimum atomic E-state index is -5.05. The molecule has 0 fully saturated rings. The lowest BCUT2D eigenvalue weighted by molar-refractivity contribution is -0.170. The Labute approximate surface area is 102 Å². The molecule has 4 nitrogen and oxygen atoms in total. The molecule has 0 aliphatic carbocycles. The van der Waals surface area contributed by atoms with Gasteiger partial charge in [-0.25, -0.2) is 9.59 Å². The first kappa shape index (κ1) is 17.3. The highest BCUT2D eigenvalue weighted by Gasteiger charge is 2.42. The summed E-state index contributed by atoms with van der Waals surface area (Å²) in [6.45, 7) is 0. The van der Waals surface area contributed by atoms with E-state index in [9.17, 15) is 35.9 Å². The first-order valence-electron chi connectivity index (χ1n) is 4.63. The van der Waals surface area contributed by atoms with Crippen molar-refractivity contribution in [3.63, 3.8) is 0 Å². The minimum absolute atomic E-state index is 0.162. The van der Waals surface area contributed by atoms with Crippen molar-refractivity contribution in [3.8, 4) is 0 Å². The van der Waals surface area contributed by atoms with Gasteiger partial charge in [0.25, 0.3) is 0 Å². The summed E-state index contributed by atoms with van der Waals surface area (Å²) in [4.78, 5) is 20.8. The number of hydrogen-bond donors (Lipinski definition) is 2. The Morgan fingerprint density at radius 3 is 1.53 bits per heavy atom. The van der Waals surface area contributed by atoms with E-state index in [0.717, 1.165) is 0 Å². The predicted molar refractivity (Wildman–Crippen MR) is 48.2 cm³/mol. The van der Waals surface area contributed by atoms with Crippen molar-refractivity contribution in [1.82, 2.24) is 0 Å². The summed E-state index contributed by atoms with van der Waals surface area (Å²) in [5.74, 6) is -6.58. The van der Waals surface area contributed by atoms with Crippen LogP contribution >= 0.6 is 0 Å². The fourth-order valence-corrected chi connectivity index (χ4v) is 1.34. The van der Waals surface area contributed by atoms with Crippen LogP contribution in [0.3, 0.4) is 0 Å². The Balaban J connectivity index is 5.41. The number of rotatable bonds is 5. The fraction of sp³-hybridized carbons (Fsp3) is 0.556. The van der Waals surface area contributed by atoms with Crippen molar-refractivity contribution in [3.05, 3.63) is 11.6 Å². The molecule has 0 heterocycles. The van der Waals surface area contributed by atoms with Gasteiger partial charge in [0.15, 0.2) is 0 Å². The quantitative estimate of drug-likeness (QED) is 0.603. The highest BCUT2D eigenvalue weighted by atomic mass is 19.4. The summed E-state index contributed by atoms with van der Waals surface area (Å²) in [6.07, 6.45) is -14.4. The van der Waals surface area contributed by atoms with E-state index in [-0.39, 0.29) is 6.08 Å². The standard InChI is InChI=1S/C9H8F6O4/c10-8(11,12)2-4(3-9(13,14)15)5(7(18)19)1-6(16)17/h1,4H,2-3H2,(H,16,17)(H,18,19)/b5-1-. The molecular weight excluding hydrogens is 286 g/mol. The van der Waals surface area contributed by atoms with Crippen LogP contribution in [-0.2, 0) is 9.59 Å². The van der Waals surface area contributed by atoms with Crippen molar-refractivity contribution < 1.29 is 46.1 Å². The molecule has 0 aromatic carbocycles. The Morgan fingerprint density at radius 2 is 1.32 bits per heavy atom. The lowest BCUT2D eigenvalue weighted by Gasteiger charge is -2.20. The smallest absolute Gasteiger partial charge is 0.389 e. The van der Waals surface area contributed by atoms with Crippen LogP contribution in [0.2, 0.25) is 0 Å². The molecule has 0 aromatic heterocycles. The highest BCUT2D eigenvalue weighted by molar-refractivity contribution is 5.95. The first-order valence-corrected chi connectivity index (χ1v) is 4.63. The van der Waals surface area contributed by atoms with Gasteiger partial charge in [-0.2, -0.15) is 26.3 Å². The van der Waals surface area contributed by atoms with Crippen LogP contribution in [0.4, 0.5) is 26.3 Å². The van der Waals surface area contributed by atoms with Crippen LogP contribution < -0.4 is 0 Å². The summed E-state index contributed by atoms with van der Waals surface area (Å²) in [5, 5.41) is 16.8. The Morgan fingerprint density at radius 1 is 0.947 bits per heavy atom. The highest BCUT2D eigenvalue weighted by Crippen LogP contribution is 2.36. The van der Waals surface area contributed by atoms with E-state index in [1.807, 2.05) is 0 Å². The van der Waals surface area contributed by atoms with Gasteiger partial charge in [-0.3, -0.25) is 0 Å². The molecule has 0 unspecified atom stereocenters. The molecule has 0 radical (unpaired) electrons. The molecule has 10 heteroatoms. The van der Waals surface area contributed by atoms with Crippen molar-refractivity contribution in [2.45, 2.75) is 25.2 Å². The molecule has 0 aliphatic rings. The van der Waals surface area contributed by atoms with Gasteiger partial charge in [0, 0.05) is 17.6 Å². The topological polar surface area (TPSA) is 74.6 Å². The lowest BCUT2D eigenvalue weighted by Crippen LogP contribution is -2.26. The van der Waals surface area contributed by atoms with Crippen LogP contribution in [0, 0.1) is 5.92 Å². The van der Waals surface area contributed by atoms with Crippen molar-refractivity contribution in [2.24, 2.45) is 5.92 Å². The lowest BCUT2D eigenvalue weighted by atomic mass is 9.91. The van der Waals surface area contributed by atoms with E-state index < -0.39 is 48.6 Å². The Bertz CT molecular complexity index is 365.